The zero-order valence-electron chi connectivity index (χ0n) is 6.98. The van der Waals surface area contributed by atoms with Gasteiger partial charge in [-0.2, -0.15) is 0 Å². The molecule has 0 bridgehead atoms. The van der Waals surface area contributed by atoms with Gasteiger partial charge in [-0.15, -0.1) is 0 Å². The molecule has 0 aromatic carbocycles. The SMILES string of the molecule is CN1C(=O)N(C)P(Cl)N(C)C1=O. The first-order valence-corrected chi connectivity index (χ1v) is 5.37. The van der Waals surface area contributed by atoms with Crippen LogP contribution in [0.5, 0.6) is 0 Å². The summed E-state index contributed by atoms with van der Waals surface area (Å²) in [4.78, 5) is 23.5. The van der Waals surface area contributed by atoms with Gasteiger partial charge >= 0.3 is 12.1 Å². The summed E-state index contributed by atoms with van der Waals surface area (Å²) in [6.07, 6.45) is 0. The van der Waals surface area contributed by atoms with Gasteiger partial charge in [-0.25, -0.2) is 14.5 Å². The van der Waals surface area contributed by atoms with Crippen LogP contribution in [0.1, 0.15) is 0 Å². The molecule has 0 spiro atoms. The normalized spacial score (nSPS) is 20.8. The number of carbonyl (C=O) groups excluding carboxylic acids is 2. The molecule has 0 aromatic heterocycles. The number of imide groups is 1. The quantitative estimate of drug-likeness (QED) is 0.568. The summed E-state index contributed by atoms with van der Waals surface area (Å²) in [6, 6.07) is -0.724. The number of carbonyl (C=O) groups is 2. The highest BCUT2D eigenvalue weighted by Gasteiger charge is 2.37. The number of halogens is 1. The molecule has 0 aromatic rings. The predicted octanol–water partition coefficient (Wildman–Crippen LogP) is 1.50. The minimum atomic E-state index is -1.32. The van der Waals surface area contributed by atoms with Crippen LogP contribution in [-0.2, 0) is 0 Å². The maximum atomic E-state index is 11.2. The van der Waals surface area contributed by atoms with Crippen molar-refractivity contribution < 1.29 is 9.59 Å². The van der Waals surface area contributed by atoms with Crippen molar-refractivity contribution in [1.82, 2.24) is 14.2 Å². The van der Waals surface area contributed by atoms with Crippen molar-refractivity contribution in [1.29, 1.82) is 0 Å². The minimum absolute atomic E-state index is 0.362. The van der Waals surface area contributed by atoms with E-state index in [4.69, 9.17) is 11.2 Å². The first kappa shape index (κ1) is 9.55. The van der Waals surface area contributed by atoms with Crippen LogP contribution in [0.15, 0.2) is 0 Å². The lowest BCUT2D eigenvalue weighted by Crippen LogP contribution is -2.50. The maximum absolute atomic E-state index is 11.2. The lowest BCUT2D eigenvalue weighted by molar-refractivity contribution is 0.169. The average molecular weight is 210 g/mol. The Bertz CT molecular complexity index is 215. The Labute approximate surface area is 76.5 Å². The number of hydrogen-bond acceptors (Lipinski definition) is 2. The highest BCUT2D eigenvalue weighted by molar-refractivity contribution is 7.81. The Morgan fingerprint density at radius 3 is 1.75 bits per heavy atom. The second-order valence-corrected chi connectivity index (χ2v) is 5.00. The average Bonchev–Trinajstić information content (AvgIpc) is 2.08. The van der Waals surface area contributed by atoms with E-state index in [-0.39, 0.29) is 12.1 Å². The Morgan fingerprint density at radius 1 is 1.08 bits per heavy atom. The van der Waals surface area contributed by atoms with Gasteiger partial charge in [0.2, 0.25) is 7.58 Å². The van der Waals surface area contributed by atoms with Gasteiger partial charge in [-0.3, -0.25) is 9.34 Å². The molecule has 1 fully saturated rings. The molecule has 1 saturated heterocycles. The van der Waals surface area contributed by atoms with Crippen LogP contribution in [0.4, 0.5) is 9.59 Å². The Kier molecular flexibility index (Phi) is 2.44. The fourth-order valence-corrected chi connectivity index (χ4v) is 2.20. The fraction of sp³-hybridized carbons (Fsp3) is 0.600. The number of hydrogen-bond donors (Lipinski definition) is 0. The number of nitrogens with zero attached hydrogens (tertiary/aromatic N) is 3. The Morgan fingerprint density at radius 2 is 1.42 bits per heavy atom. The van der Waals surface area contributed by atoms with Gasteiger partial charge in [-0.05, 0) is 11.2 Å². The molecule has 1 rings (SSSR count). The van der Waals surface area contributed by atoms with E-state index in [9.17, 15) is 9.59 Å². The van der Waals surface area contributed by atoms with Gasteiger partial charge in [0.05, 0.1) is 0 Å². The van der Waals surface area contributed by atoms with E-state index < -0.39 is 7.58 Å². The summed E-state index contributed by atoms with van der Waals surface area (Å²) < 4.78 is 2.69. The zero-order chi connectivity index (χ0) is 9.46. The second kappa shape index (κ2) is 3.07. The first-order chi connectivity index (χ1) is 5.46. The van der Waals surface area contributed by atoms with Crippen molar-refractivity contribution in [2.45, 2.75) is 0 Å². The van der Waals surface area contributed by atoms with Crippen molar-refractivity contribution in [3.63, 3.8) is 0 Å². The van der Waals surface area contributed by atoms with Crippen LogP contribution in [-0.4, -0.2) is 47.4 Å². The molecule has 1 aliphatic rings. The molecular formula is C5H9ClN3O2P. The van der Waals surface area contributed by atoms with E-state index in [1.165, 1.54) is 16.4 Å². The van der Waals surface area contributed by atoms with E-state index in [1.807, 2.05) is 0 Å². The van der Waals surface area contributed by atoms with Crippen molar-refractivity contribution in [2.24, 2.45) is 0 Å². The highest BCUT2D eigenvalue weighted by atomic mass is 35.7. The summed E-state index contributed by atoms with van der Waals surface area (Å²) in [5, 5.41) is 0. The van der Waals surface area contributed by atoms with Crippen LogP contribution < -0.4 is 0 Å². The molecule has 0 aliphatic carbocycles. The molecular weight excluding hydrogens is 201 g/mol. The minimum Gasteiger partial charge on any atom is -0.276 e. The van der Waals surface area contributed by atoms with Crippen molar-refractivity contribution in [3.8, 4) is 0 Å². The molecule has 0 atom stereocenters. The Balaban J connectivity index is 2.91. The van der Waals surface area contributed by atoms with Gasteiger partial charge in [0.25, 0.3) is 0 Å². The standard InChI is InChI=1S/C5H9ClN3O2P/c1-7-4(10)8(2)12(6)9(3)5(7)11/h1-3H3. The Hall–Kier alpha value is -0.540. The second-order valence-electron chi connectivity index (χ2n) is 2.41. The van der Waals surface area contributed by atoms with Gasteiger partial charge in [0.1, 0.15) is 0 Å². The topological polar surface area (TPSA) is 43.9 Å². The van der Waals surface area contributed by atoms with Crippen LogP contribution in [0.2, 0.25) is 0 Å². The monoisotopic (exact) mass is 209 g/mol. The zero-order valence-corrected chi connectivity index (χ0v) is 8.63. The largest absolute Gasteiger partial charge is 0.333 e. The molecule has 1 aliphatic heterocycles. The molecule has 0 radical (unpaired) electrons. The summed E-state index contributed by atoms with van der Waals surface area (Å²) in [5.74, 6) is 0. The van der Waals surface area contributed by atoms with Gasteiger partial charge in [-0.1, -0.05) is 0 Å². The lowest BCUT2D eigenvalue weighted by Gasteiger charge is -2.38. The van der Waals surface area contributed by atoms with E-state index in [2.05, 4.69) is 0 Å². The van der Waals surface area contributed by atoms with Crippen molar-refractivity contribution >= 4 is 30.9 Å². The third-order valence-corrected chi connectivity index (χ3v) is 4.32. The van der Waals surface area contributed by atoms with Crippen LogP contribution in [0, 0.1) is 0 Å². The van der Waals surface area contributed by atoms with Gasteiger partial charge in [0, 0.05) is 21.1 Å². The molecule has 7 heteroatoms. The van der Waals surface area contributed by atoms with Gasteiger partial charge < -0.3 is 0 Å². The van der Waals surface area contributed by atoms with Crippen LogP contribution in [0.3, 0.4) is 0 Å². The van der Waals surface area contributed by atoms with E-state index in [0.717, 1.165) is 4.90 Å². The number of rotatable bonds is 0. The first-order valence-electron chi connectivity index (χ1n) is 3.21. The lowest BCUT2D eigenvalue weighted by atomic mass is 10.7. The highest BCUT2D eigenvalue weighted by Crippen LogP contribution is 2.50. The van der Waals surface area contributed by atoms with Crippen LogP contribution in [0.25, 0.3) is 0 Å². The molecule has 12 heavy (non-hydrogen) atoms. The van der Waals surface area contributed by atoms with E-state index in [1.54, 1.807) is 14.1 Å². The molecule has 0 N–H and O–H groups in total. The molecule has 0 saturated carbocycles. The van der Waals surface area contributed by atoms with E-state index >= 15 is 0 Å². The predicted molar refractivity (Wildman–Crippen MR) is 46.9 cm³/mol. The third kappa shape index (κ3) is 1.23. The summed E-state index contributed by atoms with van der Waals surface area (Å²) in [5.41, 5.74) is 0. The molecule has 0 unspecified atom stereocenters. The van der Waals surface area contributed by atoms with Crippen molar-refractivity contribution in [2.75, 3.05) is 21.1 Å². The molecule has 68 valence electrons. The van der Waals surface area contributed by atoms with E-state index in [0.29, 0.717) is 0 Å². The summed E-state index contributed by atoms with van der Waals surface area (Å²) >= 11 is 5.82. The molecule has 1 heterocycles. The van der Waals surface area contributed by atoms with Crippen molar-refractivity contribution in [3.05, 3.63) is 0 Å². The van der Waals surface area contributed by atoms with Gasteiger partial charge in [0.15, 0.2) is 0 Å². The molecule has 4 amide bonds. The summed E-state index contributed by atoms with van der Waals surface area (Å²) in [6.45, 7) is 0. The number of amides is 4. The summed E-state index contributed by atoms with van der Waals surface area (Å²) in [7, 11) is 3.25. The fourth-order valence-electron chi connectivity index (χ4n) is 0.858. The smallest absolute Gasteiger partial charge is 0.276 e. The number of urea groups is 2. The third-order valence-electron chi connectivity index (χ3n) is 1.62. The van der Waals surface area contributed by atoms with Crippen LogP contribution >= 0.6 is 18.8 Å². The molecule has 5 nitrogen and oxygen atoms in total. The maximum Gasteiger partial charge on any atom is 0.333 e.